The smallest absolute Gasteiger partial charge is 0.408 e. The van der Waals surface area contributed by atoms with E-state index in [-0.39, 0.29) is 18.4 Å². The molecule has 0 aromatic heterocycles. The number of ether oxygens (including phenoxy) is 1. The van der Waals surface area contributed by atoms with Crippen molar-refractivity contribution in [2.75, 3.05) is 11.9 Å². The summed E-state index contributed by atoms with van der Waals surface area (Å²) in [6, 6.07) is 10.8. The van der Waals surface area contributed by atoms with E-state index in [1.54, 1.807) is 45.0 Å². The zero-order valence-corrected chi connectivity index (χ0v) is 24.2. The Bertz CT molecular complexity index is 1140. The molecule has 38 heavy (non-hydrogen) atoms. The number of nitrogens with zero attached hydrogens (tertiary/aromatic N) is 1. The highest BCUT2D eigenvalue weighted by Crippen LogP contribution is 2.30. The first kappa shape index (κ1) is 30.9. The maximum atomic E-state index is 14.1. The lowest BCUT2D eigenvalue weighted by Gasteiger charge is -2.35. The summed E-state index contributed by atoms with van der Waals surface area (Å²) in [5.74, 6) is -1.06. The second-order valence-electron chi connectivity index (χ2n) is 10.6. The maximum absolute atomic E-state index is 14.1. The van der Waals surface area contributed by atoms with Gasteiger partial charge in [-0.05, 0) is 68.9 Å². The Hall–Kier alpha value is -3.32. The van der Waals surface area contributed by atoms with E-state index >= 15 is 0 Å². The predicted molar refractivity (Wildman–Crippen MR) is 154 cm³/mol. The molecular formula is C30H40ClN3O4. The van der Waals surface area contributed by atoms with E-state index in [1.165, 1.54) is 4.90 Å². The molecule has 206 valence electrons. The molecule has 0 saturated heterocycles. The third-order valence-corrected chi connectivity index (χ3v) is 6.16. The van der Waals surface area contributed by atoms with Gasteiger partial charge in [-0.1, -0.05) is 75.4 Å². The second kappa shape index (κ2) is 13.5. The topological polar surface area (TPSA) is 87.7 Å². The van der Waals surface area contributed by atoms with Gasteiger partial charge in [-0.3, -0.25) is 9.59 Å². The van der Waals surface area contributed by atoms with Crippen molar-refractivity contribution in [2.24, 2.45) is 5.92 Å². The Morgan fingerprint density at radius 3 is 2.34 bits per heavy atom. The lowest BCUT2D eigenvalue weighted by Crippen LogP contribution is -2.54. The van der Waals surface area contributed by atoms with Crippen molar-refractivity contribution < 1.29 is 19.1 Å². The summed E-state index contributed by atoms with van der Waals surface area (Å²) < 4.78 is 5.41. The van der Waals surface area contributed by atoms with Gasteiger partial charge in [0.1, 0.15) is 17.7 Å². The lowest BCUT2D eigenvalue weighted by molar-refractivity contribution is -0.141. The number of rotatable bonds is 10. The van der Waals surface area contributed by atoms with Crippen molar-refractivity contribution in [1.29, 1.82) is 0 Å². The van der Waals surface area contributed by atoms with Crippen LogP contribution in [0.1, 0.15) is 70.7 Å². The van der Waals surface area contributed by atoms with E-state index in [9.17, 15) is 14.4 Å². The molecule has 8 heteroatoms. The number of alkyl carbamates (subject to hydrolysis) is 1. The molecule has 2 N–H and O–H groups in total. The number of carbonyl (C=O) groups excluding carboxylic acids is 3. The lowest BCUT2D eigenvalue weighted by atomic mass is 9.97. The number of para-hydroxylation sites is 1. The van der Waals surface area contributed by atoms with Gasteiger partial charge in [0.2, 0.25) is 5.91 Å². The maximum Gasteiger partial charge on any atom is 0.408 e. The fourth-order valence-corrected chi connectivity index (χ4v) is 4.31. The molecule has 2 atom stereocenters. The van der Waals surface area contributed by atoms with Gasteiger partial charge in [-0.25, -0.2) is 4.79 Å². The number of carbonyl (C=O) groups is 3. The third-order valence-electron chi connectivity index (χ3n) is 5.84. The van der Waals surface area contributed by atoms with Gasteiger partial charge in [0, 0.05) is 6.54 Å². The molecule has 0 fully saturated rings. The first-order valence-electron chi connectivity index (χ1n) is 12.9. The summed E-state index contributed by atoms with van der Waals surface area (Å²) in [6.45, 7) is 16.8. The molecule has 0 spiro atoms. The van der Waals surface area contributed by atoms with Crippen molar-refractivity contribution in [3.05, 3.63) is 70.8 Å². The zero-order chi connectivity index (χ0) is 28.6. The van der Waals surface area contributed by atoms with Gasteiger partial charge < -0.3 is 20.3 Å². The molecule has 0 heterocycles. The van der Waals surface area contributed by atoms with E-state index in [0.717, 1.165) is 11.1 Å². The minimum atomic E-state index is -0.986. The Morgan fingerprint density at radius 2 is 1.79 bits per heavy atom. The van der Waals surface area contributed by atoms with Crippen molar-refractivity contribution >= 4 is 41.3 Å². The van der Waals surface area contributed by atoms with E-state index in [1.807, 2.05) is 52.0 Å². The third kappa shape index (κ3) is 8.35. The number of amides is 3. The van der Waals surface area contributed by atoms with Crippen LogP contribution < -0.4 is 10.6 Å². The van der Waals surface area contributed by atoms with Gasteiger partial charge >= 0.3 is 6.09 Å². The molecule has 0 radical (unpaired) electrons. The van der Waals surface area contributed by atoms with Crippen LogP contribution in [0.5, 0.6) is 0 Å². The van der Waals surface area contributed by atoms with Crippen LogP contribution in [0, 0.1) is 12.8 Å². The van der Waals surface area contributed by atoms with Crippen molar-refractivity contribution in [3.63, 3.8) is 0 Å². The average molecular weight is 542 g/mol. The number of benzene rings is 2. The Morgan fingerprint density at radius 1 is 1.13 bits per heavy atom. The molecule has 2 aromatic rings. The average Bonchev–Trinajstić information content (AvgIpc) is 2.83. The number of nitrogens with one attached hydrogen (secondary N) is 2. The first-order chi connectivity index (χ1) is 17.8. The van der Waals surface area contributed by atoms with Gasteiger partial charge in [-0.2, -0.15) is 0 Å². The molecule has 2 aromatic carbocycles. The van der Waals surface area contributed by atoms with Crippen molar-refractivity contribution in [3.8, 4) is 0 Å². The van der Waals surface area contributed by atoms with Gasteiger partial charge in [0.05, 0.1) is 10.7 Å². The van der Waals surface area contributed by atoms with E-state index < -0.39 is 29.7 Å². The number of hydrogen-bond acceptors (Lipinski definition) is 4. The van der Waals surface area contributed by atoms with Crippen LogP contribution in [-0.4, -0.2) is 41.0 Å². The fraction of sp³-hybridized carbons (Fsp3) is 0.433. The summed E-state index contributed by atoms with van der Waals surface area (Å²) in [6.07, 6.45) is 1.59. The standard InChI is InChI=1S/C30H40ClN3O4/c1-9-17-34(28(36)24(19(3)4)33-29(37)38-30(6,7)8)26(22-15-12-14-21(10-2)18-22)27(35)32-25-20(5)13-11-16-23(25)31/h10-16,18-19,24,26H,2,9,17H2,1,3-8H3,(H,32,35)(H,33,37). The summed E-state index contributed by atoms with van der Waals surface area (Å²) in [5, 5.41) is 6.07. The quantitative estimate of drug-likeness (QED) is 0.348. The normalized spacial score (nSPS) is 12.9. The Balaban J connectivity index is 2.57. The SMILES string of the molecule is C=Cc1cccc(C(C(=O)Nc2c(C)cccc2Cl)N(CCC)C(=O)C(NC(=O)OC(C)(C)C)C(C)C)c1. The van der Waals surface area contributed by atoms with Gasteiger partial charge in [0.25, 0.3) is 5.91 Å². The molecule has 0 aliphatic rings. The highest BCUT2D eigenvalue weighted by Gasteiger charge is 2.37. The van der Waals surface area contributed by atoms with Crippen molar-refractivity contribution in [1.82, 2.24) is 10.2 Å². The van der Waals surface area contributed by atoms with Crippen LogP contribution in [0.15, 0.2) is 49.0 Å². The Kier molecular flexibility index (Phi) is 11.0. The second-order valence-corrected chi connectivity index (χ2v) is 11.0. The molecule has 2 rings (SSSR count). The van der Waals surface area contributed by atoms with Crippen molar-refractivity contribution in [2.45, 2.75) is 72.6 Å². The summed E-state index contributed by atoms with van der Waals surface area (Å²) in [5.41, 5.74) is 1.99. The molecule has 0 saturated carbocycles. The zero-order valence-electron chi connectivity index (χ0n) is 23.4. The Labute approximate surface area is 231 Å². The van der Waals surface area contributed by atoms with Gasteiger partial charge in [0.15, 0.2) is 0 Å². The molecule has 0 bridgehead atoms. The number of anilines is 1. The van der Waals surface area contributed by atoms with Crippen LogP contribution >= 0.6 is 11.6 Å². The predicted octanol–water partition coefficient (Wildman–Crippen LogP) is 6.76. The molecule has 0 aliphatic heterocycles. The summed E-state index contributed by atoms with van der Waals surface area (Å²) >= 11 is 6.41. The molecular weight excluding hydrogens is 502 g/mol. The van der Waals surface area contributed by atoms with E-state index in [4.69, 9.17) is 16.3 Å². The molecule has 0 aliphatic carbocycles. The minimum Gasteiger partial charge on any atom is -0.444 e. The minimum absolute atomic E-state index is 0.261. The van der Waals surface area contributed by atoms with Crippen LogP contribution in [-0.2, 0) is 14.3 Å². The van der Waals surface area contributed by atoms with Crippen LogP contribution in [0.4, 0.5) is 10.5 Å². The molecule has 2 unspecified atom stereocenters. The fourth-order valence-electron chi connectivity index (χ4n) is 4.04. The summed E-state index contributed by atoms with van der Waals surface area (Å²) in [7, 11) is 0. The largest absolute Gasteiger partial charge is 0.444 e. The highest BCUT2D eigenvalue weighted by atomic mass is 35.5. The van der Waals surface area contributed by atoms with Crippen LogP contribution in [0.3, 0.4) is 0 Å². The van der Waals surface area contributed by atoms with Gasteiger partial charge in [-0.15, -0.1) is 0 Å². The monoisotopic (exact) mass is 541 g/mol. The van der Waals surface area contributed by atoms with Crippen LogP contribution in [0.2, 0.25) is 5.02 Å². The molecule has 3 amide bonds. The van der Waals surface area contributed by atoms with E-state index in [2.05, 4.69) is 17.2 Å². The highest BCUT2D eigenvalue weighted by molar-refractivity contribution is 6.34. The van der Waals surface area contributed by atoms with Crippen LogP contribution in [0.25, 0.3) is 6.08 Å². The summed E-state index contributed by atoms with van der Waals surface area (Å²) in [4.78, 5) is 42.1. The molecule has 7 nitrogen and oxygen atoms in total. The first-order valence-corrected chi connectivity index (χ1v) is 13.2. The number of halogens is 1. The number of aryl methyl sites for hydroxylation is 1. The number of hydrogen-bond donors (Lipinski definition) is 2. The van der Waals surface area contributed by atoms with E-state index in [0.29, 0.717) is 22.7 Å².